The zero-order chi connectivity index (χ0) is 8.15. The van der Waals surface area contributed by atoms with Gasteiger partial charge < -0.3 is 5.73 Å². The summed E-state index contributed by atoms with van der Waals surface area (Å²) in [6, 6.07) is 0. The molecule has 0 radical (unpaired) electrons. The average Bonchev–Trinajstić information content (AvgIpc) is 1.82. The summed E-state index contributed by atoms with van der Waals surface area (Å²) in [5.41, 5.74) is 4.75. The van der Waals surface area contributed by atoms with Crippen molar-refractivity contribution in [3.63, 3.8) is 0 Å². The van der Waals surface area contributed by atoms with Crippen LogP contribution in [0.4, 0.5) is 0 Å². The Kier molecular flexibility index (Phi) is 3.42. The van der Waals surface area contributed by atoms with Crippen molar-refractivity contribution in [3.8, 4) is 0 Å². The van der Waals surface area contributed by atoms with Crippen LogP contribution in [0.5, 0.6) is 0 Å². The van der Waals surface area contributed by atoms with E-state index in [4.69, 9.17) is 10.9 Å². The van der Waals surface area contributed by atoms with E-state index in [0.29, 0.717) is 5.06 Å². The molecule has 58 valence electrons. The van der Waals surface area contributed by atoms with Crippen molar-refractivity contribution in [1.29, 1.82) is 0 Å². The van der Waals surface area contributed by atoms with E-state index in [1.165, 1.54) is 7.05 Å². The largest absolute Gasteiger partial charge is 0.370 e. The number of carbonyl (C=O) groups excluding carboxylic acids is 2. The SMILES string of the molecule is CN(O)C(=O)CCC(N)=O. The van der Waals surface area contributed by atoms with Crippen molar-refractivity contribution in [3.05, 3.63) is 0 Å². The lowest BCUT2D eigenvalue weighted by Gasteiger charge is -2.05. The van der Waals surface area contributed by atoms with Crippen LogP contribution >= 0.6 is 0 Å². The summed E-state index contributed by atoms with van der Waals surface area (Å²) in [5, 5.41) is 8.90. The summed E-state index contributed by atoms with van der Waals surface area (Å²) >= 11 is 0. The van der Waals surface area contributed by atoms with Crippen LogP contribution in [0.25, 0.3) is 0 Å². The second-order valence-corrected chi connectivity index (χ2v) is 1.88. The molecule has 3 N–H and O–H groups in total. The minimum Gasteiger partial charge on any atom is -0.370 e. The number of primary amides is 1. The maximum absolute atomic E-state index is 10.5. The highest BCUT2D eigenvalue weighted by atomic mass is 16.5. The molecule has 0 spiro atoms. The van der Waals surface area contributed by atoms with Gasteiger partial charge in [0.25, 0.3) is 0 Å². The molecular weight excluding hydrogens is 136 g/mol. The molecule has 5 nitrogen and oxygen atoms in total. The fourth-order valence-corrected chi connectivity index (χ4v) is 0.392. The minimum absolute atomic E-state index is 0.0241. The zero-order valence-corrected chi connectivity index (χ0v) is 5.70. The molecule has 0 aliphatic heterocycles. The standard InChI is InChI=1S/C5H10N2O3/c1-7(10)5(9)3-2-4(6)8/h10H,2-3H2,1H3,(H2,6,8). The first-order chi connectivity index (χ1) is 4.54. The number of nitrogens with two attached hydrogens (primary N) is 1. The number of hydroxylamine groups is 2. The molecule has 0 heterocycles. The molecule has 2 amide bonds. The van der Waals surface area contributed by atoms with Crippen molar-refractivity contribution >= 4 is 11.8 Å². The van der Waals surface area contributed by atoms with Crippen molar-refractivity contribution in [1.82, 2.24) is 5.06 Å². The normalized spacial score (nSPS) is 9.00. The van der Waals surface area contributed by atoms with Gasteiger partial charge in [-0.3, -0.25) is 14.8 Å². The van der Waals surface area contributed by atoms with Gasteiger partial charge in [0.2, 0.25) is 11.8 Å². The molecule has 0 unspecified atom stereocenters. The Labute approximate surface area is 58.4 Å². The molecule has 0 aromatic heterocycles. The predicted molar refractivity (Wildman–Crippen MR) is 33.0 cm³/mol. The highest BCUT2D eigenvalue weighted by molar-refractivity contribution is 5.82. The molecule has 0 aliphatic rings. The van der Waals surface area contributed by atoms with E-state index in [1.807, 2.05) is 0 Å². The second-order valence-electron chi connectivity index (χ2n) is 1.88. The molecule has 5 heteroatoms. The van der Waals surface area contributed by atoms with Gasteiger partial charge in [-0.05, 0) is 0 Å². The van der Waals surface area contributed by atoms with Crippen LogP contribution in [-0.2, 0) is 9.59 Å². The maximum atomic E-state index is 10.5. The summed E-state index contributed by atoms with van der Waals surface area (Å²) in [6.07, 6.45) is -0.0634. The fourth-order valence-electron chi connectivity index (χ4n) is 0.392. The van der Waals surface area contributed by atoms with E-state index in [0.717, 1.165) is 0 Å². The molecule has 0 aliphatic carbocycles. The van der Waals surface area contributed by atoms with Crippen LogP contribution in [0.3, 0.4) is 0 Å². The van der Waals surface area contributed by atoms with Gasteiger partial charge in [-0.1, -0.05) is 0 Å². The first-order valence-corrected chi connectivity index (χ1v) is 2.77. The second kappa shape index (κ2) is 3.84. The van der Waals surface area contributed by atoms with E-state index in [2.05, 4.69) is 0 Å². The number of amides is 2. The molecule has 0 aromatic carbocycles. The Morgan fingerprint density at radius 1 is 1.50 bits per heavy atom. The molecule has 0 atom stereocenters. The number of hydrogen-bond acceptors (Lipinski definition) is 3. The Balaban J connectivity index is 3.50. The lowest BCUT2D eigenvalue weighted by Crippen LogP contribution is -2.24. The van der Waals surface area contributed by atoms with Gasteiger partial charge in [-0.25, -0.2) is 5.06 Å². The van der Waals surface area contributed by atoms with Crippen molar-refractivity contribution in [2.75, 3.05) is 7.05 Å². The highest BCUT2D eigenvalue weighted by Gasteiger charge is 2.06. The Morgan fingerprint density at radius 3 is 2.30 bits per heavy atom. The van der Waals surface area contributed by atoms with Crippen LogP contribution in [0, 0.1) is 0 Å². The maximum Gasteiger partial charge on any atom is 0.246 e. The molecule has 0 aromatic rings. The summed E-state index contributed by atoms with van der Waals surface area (Å²) in [6.45, 7) is 0. The molecular formula is C5H10N2O3. The summed E-state index contributed by atoms with van der Waals surface area (Å²) in [4.78, 5) is 20.6. The molecule has 0 saturated heterocycles. The summed E-state index contributed by atoms with van der Waals surface area (Å²) in [5.74, 6) is -1.06. The van der Waals surface area contributed by atoms with Gasteiger partial charge in [-0.2, -0.15) is 0 Å². The van der Waals surface area contributed by atoms with Crippen LogP contribution < -0.4 is 5.73 Å². The van der Waals surface area contributed by atoms with E-state index < -0.39 is 11.8 Å². The lowest BCUT2D eigenvalue weighted by atomic mass is 10.3. The third-order valence-corrected chi connectivity index (χ3v) is 0.946. The predicted octanol–water partition coefficient (Wildman–Crippen LogP) is -0.901. The first kappa shape index (κ1) is 8.90. The van der Waals surface area contributed by atoms with Crippen LogP contribution in [0.2, 0.25) is 0 Å². The minimum atomic E-state index is -0.546. The quantitative estimate of drug-likeness (QED) is 0.399. The number of rotatable bonds is 3. The fraction of sp³-hybridized carbons (Fsp3) is 0.600. The molecule has 10 heavy (non-hydrogen) atoms. The Morgan fingerprint density at radius 2 is 2.00 bits per heavy atom. The van der Waals surface area contributed by atoms with Crippen molar-refractivity contribution in [2.24, 2.45) is 5.73 Å². The summed E-state index contributed by atoms with van der Waals surface area (Å²) in [7, 11) is 1.20. The molecule has 0 rings (SSSR count). The first-order valence-electron chi connectivity index (χ1n) is 2.77. The molecule has 0 fully saturated rings. The monoisotopic (exact) mass is 146 g/mol. The van der Waals surface area contributed by atoms with Crippen LogP contribution in [-0.4, -0.2) is 29.1 Å². The number of carbonyl (C=O) groups is 2. The van der Waals surface area contributed by atoms with Gasteiger partial charge in [0.1, 0.15) is 0 Å². The Bertz CT molecular complexity index is 144. The van der Waals surface area contributed by atoms with Crippen molar-refractivity contribution in [2.45, 2.75) is 12.8 Å². The van der Waals surface area contributed by atoms with Gasteiger partial charge in [0, 0.05) is 19.9 Å². The van der Waals surface area contributed by atoms with Crippen molar-refractivity contribution < 1.29 is 14.8 Å². The molecule has 0 bridgehead atoms. The zero-order valence-electron chi connectivity index (χ0n) is 5.70. The van der Waals surface area contributed by atoms with Gasteiger partial charge >= 0.3 is 0 Å². The van der Waals surface area contributed by atoms with Gasteiger partial charge in [0.05, 0.1) is 0 Å². The van der Waals surface area contributed by atoms with E-state index in [-0.39, 0.29) is 12.8 Å². The highest BCUT2D eigenvalue weighted by Crippen LogP contribution is 1.90. The van der Waals surface area contributed by atoms with E-state index in [9.17, 15) is 9.59 Å². The van der Waals surface area contributed by atoms with Gasteiger partial charge in [-0.15, -0.1) is 0 Å². The molecule has 0 saturated carbocycles. The van der Waals surface area contributed by atoms with Crippen LogP contribution in [0.15, 0.2) is 0 Å². The lowest BCUT2D eigenvalue weighted by molar-refractivity contribution is -0.159. The van der Waals surface area contributed by atoms with Crippen LogP contribution in [0.1, 0.15) is 12.8 Å². The smallest absolute Gasteiger partial charge is 0.246 e. The Hall–Kier alpha value is -1.10. The summed E-state index contributed by atoms with van der Waals surface area (Å²) < 4.78 is 0. The average molecular weight is 146 g/mol. The number of hydrogen-bond donors (Lipinski definition) is 2. The van der Waals surface area contributed by atoms with Gasteiger partial charge in [0.15, 0.2) is 0 Å². The third kappa shape index (κ3) is 3.85. The van der Waals surface area contributed by atoms with E-state index >= 15 is 0 Å². The van der Waals surface area contributed by atoms with E-state index in [1.54, 1.807) is 0 Å². The topological polar surface area (TPSA) is 83.6 Å². The number of nitrogens with zero attached hydrogens (tertiary/aromatic N) is 1. The third-order valence-electron chi connectivity index (χ3n) is 0.946.